The molecule has 4 rings (SSSR count). The van der Waals surface area contributed by atoms with Crippen LogP contribution < -0.4 is 10.5 Å². The minimum atomic E-state index is -0.0573. The van der Waals surface area contributed by atoms with Gasteiger partial charge in [0.05, 0.1) is 11.7 Å². The van der Waals surface area contributed by atoms with Crippen molar-refractivity contribution in [3.05, 3.63) is 51.9 Å². The van der Waals surface area contributed by atoms with E-state index in [2.05, 4.69) is 15.0 Å². The van der Waals surface area contributed by atoms with Gasteiger partial charge in [0.2, 0.25) is 0 Å². The van der Waals surface area contributed by atoms with Crippen LogP contribution in [0, 0.1) is 0 Å². The Labute approximate surface area is 133 Å². The molecule has 0 fully saturated rings. The predicted molar refractivity (Wildman–Crippen MR) is 87.6 cm³/mol. The maximum atomic E-state index is 12.2. The van der Waals surface area contributed by atoms with Crippen LogP contribution in [0.2, 0.25) is 0 Å². The highest BCUT2D eigenvalue weighted by Gasteiger charge is 2.23. The molecule has 0 spiro atoms. The summed E-state index contributed by atoms with van der Waals surface area (Å²) >= 11 is 0. The summed E-state index contributed by atoms with van der Waals surface area (Å²) in [5.41, 5.74) is 3.52. The first-order valence-electron chi connectivity index (χ1n) is 7.84. The average molecular weight is 310 g/mol. The number of anilines is 1. The molecular weight excluding hydrogens is 292 g/mol. The lowest BCUT2D eigenvalue weighted by atomic mass is 10.1. The van der Waals surface area contributed by atoms with E-state index >= 15 is 0 Å². The molecule has 3 aromatic rings. The molecule has 3 heterocycles. The molecule has 0 amide bonds. The van der Waals surface area contributed by atoms with Crippen molar-refractivity contribution in [3.8, 4) is 0 Å². The topological polar surface area (TPSA) is 64.2 Å². The van der Waals surface area contributed by atoms with Gasteiger partial charge in [-0.05, 0) is 26.0 Å². The molecule has 0 saturated carbocycles. The van der Waals surface area contributed by atoms with Crippen molar-refractivity contribution in [1.82, 2.24) is 14.8 Å². The molecule has 0 atom stereocenters. The Morgan fingerprint density at radius 1 is 1.26 bits per heavy atom. The number of benzene rings is 1. The number of aromatic nitrogens is 3. The van der Waals surface area contributed by atoms with Gasteiger partial charge in [-0.2, -0.15) is 10.1 Å². The van der Waals surface area contributed by atoms with E-state index in [0.717, 1.165) is 35.3 Å². The van der Waals surface area contributed by atoms with Crippen LogP contribution in [0.5, 0.6) is 0 Å². The number of fused-ring (bicyclic) bond motifs is 2. The van der Waals surface area contributed by atoms with E-state index in [1.165, 1.54) is 0 Å². The summed E-state index contributed by atoms with van der Waals surface area (Å²) in [5.74, 6) is 0. The first kappa shape index (κ1) is 14.0. The smallest absolute Gasteiger partial charge is 0.298 e. The van der Waals surface area contributed by atoms with E-state index in [4.69, 9.17) is 4.42 Å². The third kappa shape index (κ3) is 2.40. The van der Waals surface area contributed by atoms with E-state index in [9.17, 15) is 4.79 Å². The first-order valence-corrected chi connectivity index (χ1v) is 7.84. The van der Waals surface area contributed by atoms with Crippen LogP contribution in [0.4, 0.5) is 6.01 Å². The number of hydrogen-bond acceptors (Lipinski definition) is 5. The Balaban J connectivity index is 1.68. The fourth-order valence-corrected chi connectivity index (χ4v) is 2.94. The van der Waals surface area contributed by atoms with Gasteiger partial charge in [0.25, 0.3) is 11.6 Å². The first-order chi connectivity index (χ1) is 11.1. The second-order valence-electron chi connectivity index (χ2n) is 6.13. The monoisotopic (exact) mass is 310 g/mol. The third-order valence-corrected chi connectivity index (χ3v) is 4.14. The number of hydrogen-bond donors (Lipinski definition) is 0. The molecule has 0 bridgehead atoms. The molecule has 0 unspecified atom stereocenters. The zero-order valence-corrected chi connectivity index (χ0v) is 13.2. The largest absolute Gasteiger partial charge is 0.423 e. The number of oxazole rings is 1. The van der Waals surface area contributed by atoms with Crippen LogP contribution in [0.3, 0.4) is 0 Å². The van der Waals surface area contributed by atoms with Crippen molar-refractivity contribution in [1.29, 1.82) is 0 Å². The Hall–Kier alpha value is -2.63. The van der Waals surface area contributed by atoms with Crippen molar-refractivity contribution in [2.45, 2.75) is 32.9 Å². The van der Waals surface area contributed by atoms with Crippen molar-refractivity contribution >= 4 is 17.1 Å². The van der Waals surface area contributed by atoms with E-state index in [0.29, 0.717) is 12.6 Å². The lowest BCUT2D eigenvalue weighted by Crippen LogP contribution is -2.35. The molecule has 0 saturated heterocycles. The van der Waals surface area contributed by atoms with Crippen molar-refractivity contribution in [3.63, 3.8) is 0 Å². The quantitative estimate of drug-likeness (QED) is 0.728. The van der Waals surface area contributed by atoms with Crippen molar-refractivity contribution in [2.75, 3.05) is 11.4 Å². The van der Waals surface area contributed by atoms with Crippen LogP contribution in [0.25, 0.3) is 11.1 Å². The van der Waals surface area contributed by atoms with Gasteiger partial charge < -0.3 is 9.32 Å². The lowest BCUT2D eigenvalue weighted by Gasteiger charge is -2.27. The summed E-state index contributed by atoms with van der Waals surface area (Å²) in [5, 5.41) is 4.51. The minimum absolute atomic E-state index is 0.0573. The van der Waals surface area contributed by atoms with Gasteiger partial charge in [0, 0.05) is 31.1 Å². The van der Waals surface area contributed by atoms with Crippen molar-refractivity contribution < 1.29 is 4.42 Å². The van der Waals surface area contributed by atoms with Crippen LogP contribution in [0.15, 0.2) is 39.5 Å². The molecule has 1 aromatic carbocycles. The third-order valence-electron chi connectivity index (χ3n) is 4.14. The molecule has 1 aliphatic rings. The van der Waals surface area contributed by atoms with E-state index < -0.39 is 0 Å². The molecule has 2 aromatic heterocycles. The van der Waals surface area contributed by atoms with Crippen molar-refractivity contribution in [2.24, 2.45) is 0 Å². The van der Waals surface area contributed by atoms with Gasteiger partial charge in [-0.25, -0.2) is 4.68 Å². The number of nitrogens with zero attached hydrogens (tertiary/aromatic N) is 4. The standard InChI is InChI=1S/C17H18N4O2/c1-11(2)21-16(22)9-12-10-20(8-7-13(12)19-21)17-18-14-5-3-4-6-15(14)23-17/h3-6,9,11H,7-8,10H2,1-2H3. The van der Waals surface area contributed by atoms with Gasteiger partial charge in [0.15, 0.2) is 5.58 Å². The predicted octanol–water partition coefficient (Wildman–Crippen LogP) is 2.53. The van der Waals surface area contributed by atoms with Crippen LogP contribution in [0.1, 0.15) is 31.1 Å². The second kappa shape index (κ2) is 5.22. The summed E-state index contributed by atoms with van der Waals surface area (Å²) in [6, 6.07) is 10.1. The minimum Gasteiger partial charge on any atom is -0.423 e. The van der Waals surface area contributed by atoms with Gasteiger partial charge in [-0.15, -0.1) is 0 Å². The van der Waals surface area contributed by atoms with Gasteiger partial charge >= 0.3 is 0 Å². The SMILES string of the molecule is CC(C)n1nc2c(cc1=O)CN(c1nc3ccccc3o1)CC2. The summed E-state index contributed by atoms with van der Waals surface area (Å²) in [6.45, 7) is 5.31. The molecule has 6 heteroatoms. The maximum Gasteiger partial charge on any atom is 0.298 e. The number of para-hydroxylation sites is 2. The summed E-state index contributed by atoms with van der Waals surface area (Å²) in [6.07, 6.45) is 0.779. The Kier molecular flexibility index (Phi) is 3.18. The second-order valence-corrected chi connectivity index (χ2v) is 6.13. The zero-order chi connectivity index (χ0) is 16.0. The average Bonchev–Trinajstić information content (AvgIpc) is 2.97. The van der Waals surface area contributed by atoms with E-state index in [1.54, 1.807) is 10.7 Å². The fourth-order valence-electron chi connectivity index (χ4n) is 2.94. The molecule has 0 radical (unpaired) electrons. The van der Waals surface area contributed by atoms with Crippen LogP contribution in [-0.2, 0) is 13.0 Å². The van der Waals surface area contributed by atoms with Gasteiger partial charge in [-0.3, -0.25) is 4.79 Å². The highest BCUT2D eigenvalue weighted by Crippen LogP contribution is 2.26. The summed E-state index contributed by atoms with van der Waals surface area (Å²) in [7, 11) is 0. The van der Waals surface area contributed by atoms with E-state index in [-0.39, 0.29) is 11.6 Å². The molecule has 23 heavy (non-hydrogen) atoms. The maximum absolute atomic E-state index is 12.2. The number of rotatable bonds is 2. The fraction of sp³-hybridized carbons (Fsp3) is 0.353. The zero-order valence-electron chi connectivity index (χ0n) is 13.2. The highest BCUT2D eigenvalue weighted by atomic mass is 16.4. The Morgan fingerprint density at radius 2 is 2.09 bits per heavy atom. The molecule has 118 valence electrons. The normalized spacial score (nSPS) is 14.5. The van der Waals surface area contributed by atoms with E-state index in [1.807, 2.05) is 38.1 Å². The Bertz CT molecular complexity index is 893. The summed E-state index contributed by atoms with van der Waals surface area (Å²) in [4.78, 5) is 18.8. The van der Waals surface area contributed by atoms with Crippen LogP contribution >= 0.6 is 0 Å². The van der Waals surface area contributed by atoms with Gasteiger partial charge in [-0.1, -0.05) is 12.1 Å². The highest BCUT2D eigenvalue weighted by molar-refractivity contribution is 5.74. The molecule has 6 nitrogen and oxygen atoms in total. The van der Waals surface area contributed by atoms with Gasteiger partial charge in [0.1, 0.15) is 5.52 Å². The molecule has 0 aliphatic carbocycles. The molecular formula is C17H18N4O2. The lowest BCUT2D eigenvalue weighted by molar-refractivity contribution is 0.479. The molecule has 1 aliphatic heterocycles. The van der Waals surface area contributed by atoms with Crippen LogP contribution in [-0.4, -0.2) is 21.3 Å². The Morgan fingerprint density at radius 3 is 2.87 bits per heavy atom. The molecule has 0 N–H and O–H groups in total. The summed E-state index contributed by atoms with van der Waals surface area (Å²) < 4.78 is 7.38.